The lowest BCUT2D eigenvalue weighted by atomic mass is 9.97. The van der Waals surface area contributed by atoms with Gasteiger partial charge in [-0.15, -0.1) is 0 Å². The first-order valence-corrected chi connectivity index (χ1v) is 18.6. The Labute approximate surface area is 317 Å². The molecule has 55 heavy (non-hydrogen) atoms. The van der Waals surface area contributed by atoms with Crippen molar-refractivity contribution in [3.05, 3.63) is 200 Å². The van der Waals surface area contributed by atoms with E-state index >= 15 is 0 Å². The molecule has 0 aliphatic rings. The molecule has 0 fully saturated rings. The zero-order valence-corrected chi connectivity index (χ0v) is 29.8. The Kier molecular flexibility index (Phi) is 7.14. The van der Waals surface area contributed by atoms with E-state index in [-0.39, 0.29) is 0 Å². The number of hydrogen-bond acceptors (Lipinski definition) is 3. The molecule has 0 radical (unpaired) electrons. The van der Waals surface area contributed by atoms with Gasteiger partial charge >= 0.3 is 0 Å². The number of oxazole rings is 1. The molecule has 11 rings (SSSR count). The summed E-state index contributed by atoms with van der Waals surface area (Å²) >= 11 is 0. The topological polar surface area (TPSA) is 34.2 Å². The molecule has 0 N–H and O–H groups in total. The fourth-order valence-electron chi connectivity index (χ4n) is 8.30. The van der Waals surface area contributed by atoms with Crippen LogP contribution in [0.5, 0.6) is 0 Å². The van der Waals surface area contributed by atoms with Crippen molar-refractivity contribution in [3.8, 4) is 28.3 Å². The van der Waals surface area contributed by atoms with Crippen LogP contribution in [-0.4, -0.2) is 9.55 Å². The van der Waals surface area contributed by atoms with Gasteiger partial charge in [-0.2, -0.15) is 0 Å². The summed E-state index contributed by atoms with van der Waals surface area (Å²) in [6.07, 6.45) is 0. The normalized spacial score (nSPS) is 11.6. The number of fused-ring (bicyclic) bond motifs is 7. The van der Waals surface area contributed by atoms with Gasteiger partial charge in [-0.3, -0.25) is 0 Å². The maximum Gasteiger partial charge on any atom is 0.227 e. The Morgan fingerprint density at radius 3 is 1.93 bits per heavy atom. The third-order valence-electron chi connectivity index (χ3n) is 10.8. The van der Waals surface area contributed by atoms with Crippen LogP contribution in [0.25, 0.3) is 82.7 Å². The molecule has 9 aromatic carbocycles. The molecule has 0 amide bonds. The largest absolute Gasteiger partial charge is 0.436 e. The molecule has 0 spiro atoms. The minimum atomic E-state index is 0.609. The summed E-state index contributed by atoms with van der Waals surface area (Å²) in [4.78, 5) is 7.37. The average Bonchev–Trinajstić information content (AvgIpc) is 3.84. The highest BCUT2D eigenvalue weighted by atomic mass is 16.3. The monoisotopic (exact) mass is 703 g/mol. The van der Waals surface area contributed by atoms with E-state index in [9.17, 15) is 0 Å². The molecule has 258 valence electrons. The van der Waals surface area contributed by atoms with Crippen molar-refractivity contribution >= 4 is 71.5 Å². The molecule has 4 nitrogen and oxygen atoms in total. The Bertz CT molecular complexity index is 3190. The Hall–Kier alpha value is -7.43. The first-order chi connectivity index (χ1) is 27.3. The highest BCUT2D eigenvalue weighted by Gasteiger charge is 2.23. The van der Waals surface area contributed by atoms with E-state index in [0.717, 1.165) is 50.3 Å². The standard InChI is InChI=1S/C51H33N3O/c1-3-15-36(16-4-1)51-52-45-32-39(30-31-49(45)55-51)53(38-28-26-35(27-29-38)41-24-13-17-34-14-7-8-20-40(34)41)47-33-48-50(43-22-10-9-21-42(43)47)44-23-11-12-25-46(44)54(48)37-18-5-2-6-19-37/h1-33H. The first-order valence-electron chi connectivity index (χ1n) is 18.6. The zero-order chi connectivity index (χ0) is 36.3. The van der Waals surface area contributed by atoms with Crippen LogP contribution >= 0.6 is 0 Å². The molecule has 2 heterocycles. The second kappa shape index (κ2) is 12.6. The number of para-hydroxylation sites is 2. The zero-order valence-electron chi connectivity index (χ0n) is 29.8. The summed E-state index contributed by atoms with van der Waals surface area (Å²) in [5, 5.41) is 7.30. The van der Waals surface area contributed by atoms with Crippen molar-refractivity contribution in [2.24, 2.45) is 0 Å². The predicted octanol–water partition coefficient (Wildman–Crippen LogP) is 14.0. The van der Waals surface area contributed by atoms with Gasteiger partial charge in [0.1, 0.15) is 5.52 Å². The summed E-state index contributed by atoms with van der Waals surface area (Å²) in [5.41, 5.74) is 11.4. The Balaban J connectivity index is 1.17. The van der Waals surface area contributed by atoms with E-state index < -0.39 is 0 Å². The lowest BCUT2D eigenvalue weighted by Crippen LogP contribution is -2.11. The average molecular weight is 704 g/mol. The second-order valence-electron chi connectivity index (χ2n) is 14.0. The van der Waals surface area contributed by atoms with Crippen molar-refractivity contribution in [2.45, 2.75) is 0 Å². The summed E-state index contributed by atoms with van der Waals surface area (Å²) < 4.78 is 8.69. The lowest BCUT2D eigenvalue weighted by Gasteiger charge is -2.27. The van der Waals surface area contributed by atoms with Gasteiger partial charge in [0.25, 0.3) is 0 Å². The van der Waals surface area contributed by atoms with E-state index in [2.05, 4.69) is 173 Å². The van der Waals surface area contributed by atoms with Crippen molar-refractivity contribution < 1.29 is 4.42 Å². The predicted molar refractivity (Wildman–Crippen MR) is 229 cm³/mol. The second-order valence-corrected chi connectivity index (χ2v) is 14.0. The molecular weight excluding hydrogens is 671 g/mol. The van der Waals surface area contributed by atoms with Crippen molar-refractivity contribution in [2.75, 3.05) is 4.90 Å². The summed E-state index contributed by atoms with van der Waals surface area (Å²) in [7, 11) is 0. The number of benzene rings is 9. The van der Waals surface area contributed by atoms with E-state index in [1.165, 1.54) is 43.6 Å². The van der Waals surface area contributed by atoms with E-state index in [1.807, 2.05) is 36.4 Å². The van der Waals surface area contributed by atoms with Gasteiger partial charge in [0.15, 0.2) is 5.58 Å². The number of rotatable bonds is 6. The van der Waals surface area contributed by atoms with Gasteiger partial charge < -0.3 is 13.9 Å². The molecule has 11 aromatic rings. The van der Waals surface area contributed by atoms with Crippen molar-refractivity contribution in [3.63, 3.8) is 0 Å². The molecule has 0 saturated heterocycles. The highest BCUT2D eigenvalue weighted by Crippen LogP contribution is 2.46. The van der Waals surface area contributed by atoms with Crippen LogP contribution < -0.4 is 4.90 Å². The fraction of sp³-hybridized carbons (Fsp3) is 0. The van der Waals surface area contributed by atoms with Gasteiger partial charge in [0, 0.05) is 38.8 Å². The molecule has 0 unspecified atom stereocenters. The minimum Gasteiger partial charge on any atom is -0.436 e. The summed E-state index contributed by atoms with van der Waals surface area (Å²) in [6, 6.07) is 71.1. The lowest BCUT2D eigenvalue weighted by molar-refractivity contribution is 0.620. The van der Waals surface area contributed by atoms with Gasteiger partial charge in [-0.25, -0.2) is 4.98 Å². The van der Waals surface area contributed by atoms with Crippen LogP contribution in [0.2, 0.25) is 0 Å². The van der Waals surface area contributed by atoms with Crippen LogP contribution in [0.1, 0.15) is 0 Å². The van der Waals surface area contributed by atoms with E-state index in [0.29, 0.717) is 5.89 Å². The molecule has 4 heteroatoms. The fourth-order valence-corrected chi connectivity index (χ4v) is 8.30. The Morgan fingerprint density at radius 2 is 1.11 bits per heavy atom. The molecule has 0 atom stereocenters. The number of anilines is 3. The molecule has 2 aromatic heterocycles. The van der Waals surface area contributed by atoms with Crippen LogP contribution in [0.4, 0.5) is 17.1 Å². The van der Waals surface area contributed by atoms with Gasteiger partial charge in [-0.1, -0.05) is 133 Å². The smallest absolute Gasteiger partial charge is 0.227 e. The SMILES string of the molecule is c1ccc(-c2nc3cc(N(c4ccc(-c5cccc6ccccc56)cc4)c4cc5c(c6ccccc46)c4ccccc4n5-c4ccccc4)ccc3o2)cc1. The first kappa shape index (κ1) is 31.1. The number of hydrogen-bond donors (Lipinski definition) is 0. The third kappa shape index (κ3) is 5.11. The van der Waals surface area contributed by atoms with Gasteiger partial charge in [0.2, 0.25) is 5.89 Å². The van der Waals surface area contributed by atoms with Gasteiger partial charge in [-0.05, 0) is 94.0 Å². The summed E-state index contributed by atoms with van der Waals surface area (Å²) in [6.45, 7) is 0. The van der Waals surface area contributed by atoms with Crippen LogP contribution in [0.15, 0.2) is 205 Å². The minimum absolute atomic E-state index is 0.609. The molecule has 0 aliphatic carbocycles. The van der Waals surface area contributed by atoms with Crippen LogP contribution in [0.3, 0.4) is 0 Å². The number of aromatic nitrogens is 2. The summed E-state index contributed by atoms with van der Waals surface area (Å²) in [5.74, 6) is 0.609. The molecule has 0 aliphatic heterocycles. The number of nitrogens with zero attached hydrogens (tertiary/aromatic N) is 3. The third-order valence-corrected chi connectivity index (χ3v) is 10.8. The van der Waals surface area contributed by atoms with Crippen LogP contribution in [0, 0.1) is 0 Å². The van der Waals surface area contributed by atoms with Crippen molar-refractivity contribution in [1.29, 1.82) is 0 Å². The Morgan fingerprint density at radius 1 is 0.455 bits per heavy atom. The van der Waals surface area contributed by atoms with E-state index in [1.54, 1.807) is 0 Å². The quantitative estimate of drug-likeness (QED) is 0.173. The van der Waals surface area contributed by atoms with E-state index in [4.69, 9.17) is 9.40 Å². The maximum atomic E-state index is 6.29. The molecule has 0 saturated carbocycles. The van der Waals surface area contributed by atoms with Crippen LogP contribution in [-0.2, 0) is 0 Å². The van der Waals surface area contributed by atoms with Gasteiger partial charge in [0.05, 0.1) is 16.7 Å². The highest BCUT2D eigenvalue weighted by molar-refractivity contribution is 6.24. The molecular formula is C51H33N3O. The van der Waals surface area contributed by atoms with Crippen molar-refractivity contribution in [1.82, 2.24) is 9.55 Å². The maximum absolute atomic E-state index is 6.29. The molecule has 0 bridgehead atoms.